The van der Waals surface area contributed by atoms with Crippen molar-refractivity contribution in [2.24, 2.45) is 0 Å². The number of para-hydroxylation sites is 1. The summed E-state index contributed by atoms with van der Waals surface area (Å²) in [4.78, 5) is 27.7. The van der Waals surface area contributed by atoms with E-state index in [-0.39, 0.29) is 12.3 Å². The number of anilines is 1. The molecule has 0 aliphatic carbocycles. The Bertz CT molecular complexity index is 539. The van der Waals surface area contributed by atoms with Crippen LogP contribution in [-0.4, -0.2) is 66.1 Å². The Morgan fingerprint density at radius 1 is 1.23 bits per heavy atom. The molecule has 1 aromatic carbocycles. The minimum absolute atomic E-state index is 0.0343. The van der Waals surface area contributed by atoms with Gasteiger partial charge in [-0.25, -0.2) is 0 Å². The summed E-state index contributed by atoms with van der Waals surface area (Å²) in [5.74, 6) is -1.20. The maximum absolute atomic E-state index is 12.2. The van der Waals surface area contributed by atoms with E-state index in [9.17, 15) is 14.7 Å². The molecule has 1 fully saturated rings. The lowest BCUT2D eigenvalue weighted by atomic mass is 10.1. The highest BCUT2D eigenvalue weighted by atomic mass is 16.4. The summed E-state index contributed by atoms with van der Waals surface area (Å²) >= 11 is 0. The number of piperazine rings is 1. The van der Waals surface area contributed by atoms with E-state index in [1.165, 1.54) is 0 Å². The van der Waals surface area contributed by atoms with Crippen molar-refractivity contribution in [3.8, 4) is 0 Å². The molecule has 6 heteroatoms. The number of carboxylic acids is 1. The predicted octanol–water partition coefficient (Wildman–Crippen LogP) is 1.02. The van der Waals surface area contributed by atoms with Gasteiger partial charge in [0.05, 0.1) is 6.42 Å². The largest absolute Gasteiger partial charge is 0.480 e. The Kier molecular flexibility index (Phi) is 5.51. The Hall–Kier alpha value is -1.92. The number of carboxylic acid groups (broad SMARTS) is 1. The third-order valence-electron chi connectivity index (χ3n) is 4.06. The van der Waals surface area contributed by atoms with Gasteiger partial charge in [0.25, 0.3) is 0 Å². The third-order valence-corrected chi connectivity index (χ3v) is 4.06. The zero-order valence-electron chi connectivity index (χ0n) is 13.1. The molecule has 1 heterocycles. The maximum atomic E-state index is 12.2. The van der Waals surface area contributed by atoms with Crippen molar-refractivity contribution in [1.29, 1.82) is 0 Å². The SMILES string of the molecule is Cc1ccccc1NC(=O)C[C@@H](C(=O)O)N1CCN(C)CC1. The van der Waals surface area contributed by atoms with Gasteiger partial charge >= 0.3 is 5.97 Å². The van der Waals surface area contributed by atoms with Crippen LogP contribution in [0.15, 0.2) is 24.3 Å². The first kappa shape index (κ1) is 16.5. The predicted molar refractivity (Wildman–Crippen MR) is 84.9 cm³/mol. The van der Waals surface area contributed by atoms with Crippen molar-refractivity contribution < 1.29 is 14.7 Å². The molecule has 0 saturated carbocycles. The summed E-state index contributed by atoms with van der Waals surface area (Å²) in [7, 11) is 2.01. The number of hydrogen-bond donors (Lipinski definition) is 2. The van der Waals surface area contributed by atoms with Crippen LogP contribution in [0.1, 0.15) is 12.0 Å². The van der Waals surface area contributed by atoms with E-state index in [0.29, 0.717) is 13.1 Å². The van der Waals surface area contributed by atoms with E-state index in [4.69, 9.17) is 0 Å². The number of amides is 1. The van der Waals surface area contributed by atoms with Gasteiger partial charge in [0.15, 0.2) is 0 Å². The zero-order valence-corrected chi connectivity index (χ0v) is 13.1. The Morgan fingerprint density at radius 3 is 2.45 bits per heavy atom. The second-order valence-electron chi connectivity index (χ2n) is 5.76. The lowest BCUT2D eigenvalue weighted by Crippen LogP contribution is -2.52. The fourth-order valence-electron chi connectivity index (χ4n) is 2.60. The number of likely N-dealkylation sites (N-methyl/N-ethyl adjacent to an activating group) is 1. The fraction of sp³-hybridized carbons (Fsp3) is 0.500. The van der Waals surface area contributed by atoms with Crippen molar-refractivity contribution in [3.05, 3.63) is 29.8 Å². The summed E-state index contributed by atoms with van der Waals surface area (Å²) < 4.78 is 0. The molecule has 1 atom stereocenters. The van der Waals surface area contributed by atoms with Crippen LogP contribution in [0.4, 0.5) is 5.69 Å². The highest BCUT2D eigenvalue weighted by molar-refractivity contribution is 5.94. The molecule has 2 N–H and O–H groups in total. The van der Waals surface area contributed by atoms with Crippen LogP contribution in [-0.2, 0) is 9.59 Å². The van der Waals surface area contributed by atoms with Crippen molar-refractivity contribution in [2.75, 3.05) is 38.5 Å². The van der Waals surface area contributed by atoms with Crippen LogP contribution in [0.25, 0.3) is 0 Å². The number of aryl methyl sites for hydroxylation is 1. The van der Waals surface area contributed by atoms with E-state index in [1.54, 1.807) is 0 Å². The number of nitrogens with zero attached hydrogens (tertiary/aromatic N) is 2. The quantitative estimate of drug-likeness (QED) is 0.850. The van der Waals surface area contributed by atoms with E-state index < -0.39 is 12.0 Å². The van der Waals surface area contributed by atoms with Crippen LogP contribution in [0.5, 0.6) is 0 Å². The van der Waals surface area contributed by atoms with Gasteiger partial charge in [-0.15, -0.1) is 0 Å². The van der Waals surface area contributed by atoms with Gasteiger partial charge in [-0.2, -0.15) is 0 Å². The van der Waals surface area contributed by atoms with Crippen molar-refractivity contribution >= 4 is 17.6 Å². The van der Waals surface area contributed by atoms with Crippen LogP contribution in [0, 0.1) is 6.92 Å². The molecule has 0 radical (unpaired) electrons. The standard InChI is InChI=1S/C16H23N3O3/c1-12-5-3-4-6-13(12)17-15(20)11-14(16(21)22)19-9-7-18(2)8-10-19/h3-6,14H,7-11H2,1-2H3,(H,17,20)(H,21,22)/t14-/m0/s1. The highest BCUT2D eigenvalue weighted by Gasteiger charge is 2.30. The van der Waals surface area contributed by atoms with E-state index in [2.05, 4.69) is 10.2 Å². The lowest BCUT2D eigenvalue weighted by molar-refractivity contribution is -0.145. The highest BCUT2D eigenvalue weighted by Crippen LogP contribution is 2.15. The Morgan fingerprint density at radius 2 is 1.86 bits per heavy atom. The van der Waals surface area contributed by atoms with E-state index in [1.807, 2.05) is 43.1 Å². The maximum Gasteiger partial charge on any atom is 0.321 e. The molecule has 120 valence electrons. The number of aliphatic carboxylic acids is 1. The summed E-state index contributed by atoms with van der Waals surface area (Å²) in [5, 5.41) is 12.2. The molecular weight excluding hydrogens is 282 g/mol. The third kappa shape index (κ3) is 4.29. The van der Waals surface area contributed by atoms with Gasteiger partial charge in [0.2, 0.25) is 5.91 Å². The topological polar surface area (TPSA) is 72.9 Å². The molecule has 0 aromatic heterocycles. The summed E-state index contributed by atoms with van der Waals surface area (Å²) in [6, 6.07) is 6.70. The smallest absolute Gasteiger partial charge is 0.321 e. The molecule has 1 saturated heterocycles. The minimum atomic E-state index is -0.940. The first-order valence-corrected chi connectivity index (χ1v) is 7.48. The first-order chi connectivity index (χ1) is 10.5. The number of nitrogens with one attached hydrogen (secondary N) is 1. The molecule has 1 amide bonds. The van der Waals surface area contributed by atoms with Crippen molar-refractivity contribution in [2.45, 2.75) is 19.4 Å². The lowest BCUT2D eigenvalue weighted by Gasteiger charge is -2.35. The molecule has 2 rings (SSSR count). The molecule has 0 bridgehead atoms. The van der Waals surface area contributed by atoms with E-state index in [0.717, 1.165) is 24.3 Å². The second kappa shape index (κ2) is 7.38. The fourth-order valence-corrected chi connectivity index (χ4v) is 2.60. The van der Waals surface area contributed by atoms with Crippen LogP contribution in [0.2, 0.25) is 0 Å². The monoisotopic (exact) mass is 305 g/mol. The van der Waals surface area contributed by atoms with E-state index >= 15 is 0 Å². The number of benzene rings is 1. The van der Waals surface area contributed by atoms with Gasteiger partial charge < -0.3 is 15.3 Å². The van der Waals surface area contributed by atoms with Crippen molar-refractivity contribution in [1.82, 2.24) is 9.80 Å². The first-order valence-electron chi connectivity index (χ1n) is 7.48. The summed E-state index contributed by atoms with van der Waals surface area (Å²) in [6.07, 6.45) is -0.0343. The average Bonchev–Trinajstić information content (AvgIpc) is 2.48. The number of hydrogen-bond acceptors (Lipinski definition) is 4. The van der Waals surface area contributed by atoms with Crippen LogP contribution in [0.3, 0.4) is 0 Å². The van der Waals surface area contributed by atoms with Crippen LogP contribution < -0.4 is 5.32 Å². The normalized spacial score (nSPS) is 17.9. The Labute approximate surface area is 130 Å². The molecule has 6 nitrogen and oxygen atoms in total. The van der Waals surface area contributed by atoms with Gasteiger partial charge in [0.1, 0.15) is 6.04 Å². The van der Waals surface area contributed by atoms with Gasteiger partial charge in [0, 0.05) is 31.9 Å². The summed E-state index contributed by atoms with van der Waals surface area (Å²) in [5.41, 5.74) is 1.69. The zero-order chi connectivity index (χ0) is 16.1. The second-order valence-corrected chi connectivity index (χ2v) is 5.76. The molecule has 0 spiro atoms. The number of rotatable bonds is 5. The molecule has 22 heavy (non-hydrogen) atoms. The number of carbonyl (C=O) groups is 2. The average molecular weight is 305 g/mol. The summed E-state index contributed by atoms with van der Waals surface area (Å²) in [6.45, 7) is 4.90. The Balaban J connectivity index is 1.97. The van der Waals surface area contributed by atoms with Gasteiger partial charge in [-0.3, -0.25) is 14.5 Å². The van der Waals surface area contributed by atoms with Gasteiger partial charge in [-0.1, -0.05) is 18.2 Å². The van der Waals surface area contributed by atoms with Gasteiger partial charge in [-0.05, 0) is 25.6 Å². The number of carbonyl (C=O) groups excluding carboxylic acids is 1. The molecule has 1 aliphatic rings. The molecule has 0 unspecified atom stereocenters. The molecule has 1 aliphatic heterocycles. The van der Waals surface area contributed by atoms with Crippen molar-refractivity contribution in [3.63, 3.8) is 0 Å². The minimum Gasteiger partial charge on any atom is -0.480 e. The molecular formula is C16H23N3O3. The molecule has 1 aromatic rings. The van der Waals surface area contributed by atoms with Crippen LogP contribution >= 0.6 is 0 Å².